The van der Waals surface area contributed by atoms with Crippen molar-refractivity contribution >= 4 is 22.6 Å². The van der Waals surface area contributed by atoms with Gasteiger partial charge in [0.2, 0.25) is 5.91 Å². The number of carbonyl (C=O) groups is 1. The molecule has 1 atom stereocenters. The highest BCUT2D eigenvalue weighted by molar-refractivity contribution is 5.96. The Morgan fingerprint density at radius 1 is 1.21 bits per heavy atom. The summed E-state index contributed by atoms with van der Waals surface area (Å²) in [6.07, 6.45) is 6.63. The van der Waals surface area contributed by atoms with Crippen LogP contribution < -0.4 is 5.32 Å². The maximum atomic E-state index is 12.7. The summed E-state index contributed by atoms with van der Waals surface area (Å²) in [6.45, 7) is 6.66. The van der Waals surface area contributed by atoms with E-state index in [1.807, 2.05) is 16.5 Å². The number of nitrogens with zero attached hydrogens (tertiary/aromatic N) is 7. The van der Waals surface area contributed by atoms with E-state index in [0.29, 0.717) is 23.8 Å². The molecule has 5 heterocycles. The van der Waals surface area contributed by atoms with E-state index in [1.165, 1.54) is 0 Å². The molecule has 2 saturated heterocycles. The molecule has 1 N–H and O–H groups in total. The van der Waals surface area contributed by atoms with Crippen molar-refractivity contribution in [3.63, 3.8) is 0 Å². The third-order valence-corrected chi connectivity index (χ3v) is 6.31. The minimum Gasteiger partial charge on any atom is -0.359 e. The number of aromatic nitrogens is 5. The predicted molar refractivity (Wildman–Crippen MR) is 121 cm³/mol. The molecule has 11 nitrogen and oxygen atoms in total. The summed E-state index contributed by atoms with van der Waals surface area (Å²) in [5.41, 5.74) is 2.27. The molecule has 3 aromatic rings. The number of pyridine rings is 1. The number of amides is 1. The first-order valence-corrected chi connectivity index (χ1v) is 11.6. The zero-order valence-electron chi connectivity index (χ0n) is 19.2. The first-order valence-electron chi connectivity index (χ1n) is 11.6. The standard InChI is InChI=1S/C22H30N8O3/c1-3-30-21-15(14-24-30)20(26-18-6-4-5-11-32-18)16(13-23-21)22-25-17(27-33-22)12-19(31)29-9-7-28(2)8-10-29/h13-14,18H,3-12H2,1-2H3,(H,23,26). The maximum Gasteiger partial charge on any atom is 0.261 e. The van der Waals surface area contributed by atoms with E-state index >= 15 is 0 Å². The number of nitrogens with one attached hydrogen (secondary N) is 1. The van der Waals surface area contributed by atoms with E-state index in [0.717, 1.165) is 68.8 Å². The Bertz CT molecular complexity index is 1110. The molecule has 2 aliphatic rings. The van der Waals surface area contributed by atoms with E-state index in [4.69, 9.17) is 9.26 Å². The number of rotatable bonds is 6. The van der Waals surface area contributed by atoms with Crippen LogP contribution in [0.2, 0.25) is 0 Å². The van der Waals surface area contributed by atoms with Crippen LogP contribution in [0.4, 0.5) is 5.69 Å². The monoisotopic (exact) mass is 454 g/mol. The second-order valence-electron chi connectivity index (χ2n) is 8.62. The van der Waals surface area contributed by atoms with Crippen molar-refractivity contribution in [3.8, 4) is 11.5 Å². The van der Waals surface area contributed by atoms with Gasteiger partial charge in [0.1, 0.15) is 6.23 Å². The van der Waals surface area contributed by atoms with Crippen LogP contribution in [-0.4, -0.2) is 86.7 Å². The topological polar surface area (TPSA) is 114 Å². The van der Waals surface area contributed by atoms with E-state index in [-0.39, 0.29) is 18.6 Å². The number of fused-ring (bicyclic) bond motifs is 1. The highest BCUT2D eigenvalue weighted by atomic mass is 16.5. The molecular weight excluding hydrogens is 424 g/mol. The first-order chi connectivity index (χ1) is 16.1. The summed E-state index contributed by atoms with van der Waals surface area (Å²) < 4.78 is 13.3. The van der Waals surface area contributed by atoms with Crippen LogP contribution in [0, 0.1) is 0 Å². The zero-order valence-corrected chi connectivity index (χ0v) is 19.2. The van der Waals surface area contributed by atoms with Gasteiger partial charge in [0.25, 0.3) is 5.89 Å². The third kappa shape index (κ3) is 4.55. The Morgan fingerprint density at radius 3 is 2.82 bits per heavy atom. The molecule has 5 rings (SSSR count). The van der Waals surface area contributed by atoms with Gasteiger partial charge in [-0.2, -0.15) is 10.1 Å². The molecule has 2 fully saturated rings. The van der Waals surface area contributed by atoms with Gasteiger partial charge >= 0.3 is 0 Å². The molecule has 0 bridgehead atoms. The Labute approximate surface area is 192 Å². The molecule has 1 unspecified atom stereocenters. The normalized spacial score (nSPS) is 19.8. The maximum absolute atomic E-state index is 12.7. The number of aryl methyl sites for hydroxylation is 1. The van der Waals surface area contributed by atoms with Crippen molar-refractivity contribution in [2.45, 2.75) is 45.4 Å². The van der Waals surface area contributed by atoms with Gasteiger partial charge in [0.15, 0.2) is 11.5 Å². The number of likely N-dealkylation sites (N-methyl/N-ethyl adjacent to an activating group) is 1. The Kier molecular flexibility index (Phi) is 6.23. The van der Waals surface area contributed by atoms with Crippen molar-refractivity contribution in [1.82, 2.24) is 34.7 Å². The molecule has 0 aliphatic carbocycles. The van der Waals surface area contributed by atoms with E-state index in [9.17, 15) is 4.79 Å². The first kappa shape index (κ1) is 21.8. The van der Waals surface area contributed by atoms with Crippen LogP contribution in [0.1, 0.15) is 32.0 Å². The second-order valence-corrected chi connectivity index (χ2v) is 8.62. The SMILES string of the molecule is CCn1ncc2c(NC3CCCCO3)c(-c3nc(CC(=O)N4CCN(C)CC4)no3)cnc21. The minimum absolute atomic E-state index is 0.0159. The highest BCUT2D eigenvalue weighted by Crippen LogP contribution is 2.34. The third-order valence-electron chi connectivity index (χ3n) is 6.31. The summed E-state index contributed by atoms with van der Waals surface area (Å²) in [6, 6.07) is 0. The van der Waals surface area contributed by atoms with Gasteiger partial charge in [-0.3, -0.25) is 4.79 Å². The van der Waals surface area contributed by atoms with Crippen molar-refractivity contribution in [3.05, 3.63) is 18.2 Å². The van der Waals surface area contributed by atoms with Crippen molar-refractivity contribution in [1.29, 1.82) is 0 Å². The lowest BCUT2D eigenvalue weighted by atomic mass is 10.1. The molecule has 0 aromatic carbocycles. The number of piperazine rings is 1. The quantitative estimate of drug-likeness (QED) is 0.595. The molecule has 1 amide bonds. The smallest absolute Gasteiger partial charge is 0.261 e. The van der Waals surface area contributed by atoms with Gasteiger partial charge in [-0.1, -0.05) is 5.16 Å². The van der Waals surface area contributed by atoms with E-state index < -0.39 is 0 Å². The van der Waals surface area contributed by atoms with Gasteiger partial charge < -0.3 is 24.4 Å². The molecule has 2 aliphatic heterocycles. The predicted octanol–water partition coefficient (Wildman–Crippen LogP) is 1.76. The summed E-state index contributed by atoms with van der Waals surface area (Å²) in [4.78, 5) is 25.9. The number of anilines is 1. The molecular formula is C22H30N8O3. The van der Waals surface area contributed by atoms with Crippen LogP contribution in [0.15, 0.2) is 16.9 Å². The van der Waals surface area contributed by atoms with Crippen molar-refractivity contribution in [2.75, 3.05) is 45.2 Å². The van der Waals surface area contributed by atoms with Gasteiger partial charge in [0, 0.05) is 45.5 Å². The molecule has 33 heavy (non-hydrogen) atoms. The molecule has 0 spiro atoms. The molecule has 11 heteroatoms. The molecule has 0 radical (unpaired) electrons. The van der Waals surface area contributed by atoms with E-state index in [2.05, 4.69) is 37.5 Å². The Morgan fingerprint density at radius 2 is 2.06 bits per heavy atom. The van der Waals surface area contributed by atoms with Crippen molar-refractivity contribution < 1.29 is 14.1 Å². The lowest BCUT2D eigenvalue weighted by Crippen LogP contribution is -2.47. The molecule has 0 saturated carbocycles. The second kappa shape index (κ2) is 9.44. The zero-order chi connectivity index (χ0) is 22.8. The van der Waals surface area contributed by atoms with Crippen LogP contribution >= 0.6 is 0 Å². The van der Waals surface area contributed by atoms with Crippen LogP contribution in [-0.2, 0) is 22.5 Å². The summed E-state index contributed by atoms with van der Waals surface area (Å²) >= 11 is 0. The lowest BCUT2D eigenvalue weighted by Gasteiger charge is -2.32. The van der Waals surface area contributed by atoms with Gasteiger partial charge in [-0.05, 0) is 33.2 Å². The number of hydrogen-bond donors (Lipinski definition) is 1. The van der Waals surface area contributed by atoms with Gasteiger partial charge in [0.05, 0.1) is 29.3 Å². The van der Waals surface area contributed by atoms with Crippen LogP contribution in [0.25, 0.3) is 22.5 Å². The van der Waals surface area contributed by atoms with Gasteiger partial charge in [-0.15, -0.1) is 0 Å². The van der Waals surface area contributed by atoms with Crippen LogP contribution in [0.3, 0.4) is 0 Å². The molecule has 3 aromatic heterocycles. The summed E-state index contributed by atoms with van der Waals surface area (Å²) in [5, 5.41) is 12.9. The fraction of sp³-hybridized carbons (Fsp3) is 0.591. The average molecular weight is 455 g/mol. The number of hydrogen-bond acceptors (Lipinski definition) is 9. The summed E-state index contributed by atoms with van der Waals surface area (Å²) in [7, 11) is 2.06. The Balaban J connectivity index is 1.41. The number of ether oxygens (including phenoxy) is 1. The number of carbonyl (C=O) groups excluding carboxylic acids is 1. The van der Waals surface area contributed by atoms with Gasteiger partial charge in [-0.25, -0.2) is 9.67 Å². The average Bonchev–Trinajstić information content (AvgIpc) is 3.47. The van der Waals surface area contributed by atoms with Crippen molar-refractivity contribution in [2.24, 2.45) is 0 Å². The highest BCUT2D eigenvalue weighted by Gasteiger charge is 2.24. The molecule has 176 valence electrons. The summed E-state index contributed by atoms with van der Waals surface area (Å²) in [5.74, 6) is 0.716. The van der Waals surface area contributed by atoms with E-state index in [1.54, 1.807) is 12.4 Å². The Hall–Kier alpha value is -3.05. The largest absolute Gasteiger partial charge is 0.359 e. The fourth-order valence-electron chi connectivity index (χ4n) is 4.33. The van der Waals surface area contributed by atoms with Crippen LogP contribution in [0.5, 0.6) is 0 Å². The fourth-order valence-corrected chi connectivity index (χ4v) is 4.33. The minimum atomic E-state index is -0.103. The lowest BCUT2D eigenvalue weighted by molar-refractivity contribution is -0.132.